The van der Waals surface area contributed by atoms with Crippen molar-refractivity contribution in [1.29, 1.82) is 0 Å². The van der Waals surface area contributed by atoms with Crippen LogP contribution in [0.3, 0.4) is 0 Å². The molecule has 0 spiro atoms. The number of aliphatic hydroxyl groups is 1. The van der Waals surface area contributed by atoms with Gasteiger partial charge in [0.05, 0.1) is 16.9 Å². The van der Waals surface area contributed by atoms with Crippen LogP contribution in [0, 0.1) is 0 Å². The van der Waals surface area contributed by atoms with Crippen LogP contribution in [0.5, 0.6) is 0 Å². The lowest BCUT2D eigenvalue weighted by atomic mass is 10.0. The summed E-state index contributed by atoms with van der Waals surface area (Å²) in [5, 5.41) is 14.8. The van der Waals surface area contributed by atoms with Gasteiger partial charge in [0.15, 0.2) is 0 Å². The molecule has 1 unspecified atom stereocenters. The van der Waals surface area contributed by atoms with E-state index in [1.807, 2.05) is 13.8 Å². The van der Waals surface area contributed by atoms with E-state index in [1.165, 1.54) is 24.4 Å². The first kappa shape index (κ1) is 14.9. The largest absolute Gasteiger partial charge is 0.382 e. The van der Waals surface area contributed by atoms with Gasteiger partial charge >= 0.3 is 0 Å². The third kappa shape index (κ3) is 2.83. The molecule has 1 aromatic carbocycles. The van der Waals surface area contributed by atoms with Crippen LogP contribution in [0.15, 0.2) is 30.5 Å². The first-order chi connectivity index (χ1) is 9.41. The first-order valence-electron chi connectivity index (χ1n) is 6.20. The standard InChI is InChI=1S/C14H15ClF2N2O/c1-8(2)19-12(11(15)7-18-19)13(20)9-4-3-5-10(6-9)14(16)17/h3-8,13-14,20H,1-2H3. The molecule has 0 aliphatic carbocycles. The number of aliphatic hydroxyl groups excluding tert-OH is 1. The number of aromatic nitrogens is 2. The molecule has 1 heterocycles. The molecule has 0 radical (unpaired) electrons. The summed E-state index contributed by atoms with van der Waals surface area (Å²) in [6.07, 6.45) is -2.23. The molecule has 20 heavy (non-hydrogen) atoms. The summed E-state index contributed by atoms with van der Waals surface area (Å²) in [7, 11) is 0. The van der Waals surface area contributed by atoms with Crippen molar-refractivity contribution in [3.05, 3.63) is 52.3 Å². The van der Waals surface area contributed by atoms with Crippen LogP contribution in [-0.2, 0) is 0 Å². The van der Waals surface area contributed by atoms with Crippen LogP contribution in [0.1, 0.15) is 49.2 Å². The number of halogens is 3. The average Bonchev–Trinajstić information content (AvgIpc) is 2.80. The number of hydrogen-bond acceptors (Lipinski definition) is 2. The fourth-order valence-electron chi connectivity index (χ4n) is 2.04. The van der Waals surface area contributed by atoms with Crippen molar-refractivity contribution in [1.82, 2.24) is 9.78 Å². The molecule has 0 amide bonds. The number of hydrogen-bond donors (Lipinski definition) is 1. The molecule has 0 fully saturated rings. The first-order valence-corrected chi connectivity index (χ1v) is 6.58. The van der Waals surface area contributed by atoms with Gasteiger partial charge in [-0.25, -0.2) is 8.78 Å². The van der Waals surface area contributed by atoms with Crippen LogP contribution in [0.25, 0.3) is 0 Å². The van der Waals surface area contributed by atoms with E-state index < -0.39 is 12.5 Å². The maximum atomic E-state index is 12.7. The predicted molar refractivity (Wildman–Crippen MR) is 73.1 cm³/mol. The molecular formula is C14H15ClF2N2O. The van der Waals surface area contributed by atoms with Gasteiger partial charge in [-0.2, -0.15) is 5.10 Å². The van der Waals surface area contributed by atoms with Gasteiger partial charge in [-0.15, -0.1) is 0 Å². The van der Waals surface area contributed by atoms with Gasteiger partial charge in [0.1, 0.15) is 6.10 Å². The highest BCUT2D eigenvalue weighted by molar-refractivity contribution is 6.31. The molecule has 0 bridgehead atoms. The topological polar surface area (TPSA) is 38.0 Å². The molecule has 0 aliphatic heterocycles. The van der Waals surface area contributed by atoms with Gasteiger partial charge in [-0.1, -0.05) is 29.8 Å². The summed E-state index contributed by atoms with van der Waals surface area (Å²) in [5.74, 6) is 0. The Kier molecular flexibility index (Phi) is 4.40. The Labute approximate surface area is 120 Å². The summed E-state index contributed by atoms with van der Waals surface area (Å²) in [4.78, 5) is 0. The fourth-order valence-corrected chi connectivity index (χ4v) is 2.27. The molecule has 2 aromatic rings. The van der Waals surface area contributed by atoms with E-state index in [-0.39, 0.29) is 11.6 Å². The fraction of sp³-hybridized carbons (Fsp3) is 0.357. The number of rotatable bonds is 4. The molecule has 1 aromatic heterocycles. The summed E-state index contributed by atoms with van der Waals surface area (Å²) < 4.78 is 27.0. The van der Waals surface area contributed by atoms with Crippen molar-refractivity contribution < 1.29 is 13.9 Å². The smallest absolute Gasteiger partial charge is 0.263 e. The van der Waals surface area contributed by atoms with Crippen molar-refractivity contribution in [2.24, 2.45) is 0 Å². The Morgan fingerprint density at radius 2 is 1.90 bits per heavy atom. The number of benzene rings is 1. The predicted octanol–water partition coefficient (Wildman–Crippen LogP) is 4.14. The number of nitrogens with zero attached hydrogens (tertiary/aromatic N) is 2. The van der Waals surface area contributed by atoms with E-state index in [0.717, 1.165) is 0 Å². The molecule has 0 aliphatic rings. The molecule has 1 atom stereocenters. The maximum absolute atomic E-state index is 12.7. The Bertz CT molecular complexity index is 599. The summed E-state index contributed by atoms with van der Waals surface area (Å²) in [6.45, 7) is 3.80. The zero-order valence-corrected chi connectivity index (χ0v) is 11.9. The maximum Gasteiger partial charge on any atom is 0.263 e. The van der Waals surface area contributed by atoms with Gasteiger partial charge in [0.25, 0.3) is 6.43 Å². The van der Waals surface area contributed by atoms with Crippen molar-refractivity contribution in [2.45, 2.75) is 32.4 Å². The van der Waals surface area contributed by atoms with E-state index in [9.17, 15) is 13.9 Å². The van der Waals surface area contributed by atoms with Crippen LogP contribution in [0.4, 0.5) is 8.78 Å². The third-order valence-electron chi connectivity index (χ3n) is 3.01. The molecular weight excluding hydrogens is 286 g/mol. The minimum absolute atomic E-state index is 0.00503. The molecule has 108 valence electrons. The van der Waals surface area contributed by atoms with Crippen molar-refractivity contribution in [2.75, 3.05) is 0 Å². The normalized spacial score (nSPS) is 13.2. The lowest BCUT2D eigenvalue weighted by molar-refractivity contribution is 0.150. The van der Waals surface area contributed by atoms with Gasteiger partial charge < -0.3 is 5.11 Å². The average molecular weight is 301 g/mol. The van der Waals surface area contributed by atoms with E-state index in [2.05, 4.69) is 5.10 Å². The zero-order valence-electron chi connectivity index (χ0n) is 11.1. The van der Waals surface area contributed by atoms with Crippen molar-refractivity contribution in [3.8, 4) is 0 Å². The van der Waals surface area contributed by atoms with Gasteiger partial charge in [0, 0.05) is 11.6 Å². The lowest BCUT2D eigenvalue weighted by Gasteiger charge is -2.17. The molecule has 6 heteroatoms. The van der Waals surface area contributed by atoms with Crippen molar-refractivity contribution in [3.63, 3.8) is 0 Å². The molecule has 1 N–H and O–H groups in total. The van der Waals surface area contributed by atoms with Gasteiger partial charge in [0.2, 0.25) is 0 Å². The zero-order chi connectivity index (χ0) is 14.9. The molecule has 0 saturated carbocycles. The monoisotopic (exact) mass is 300 g/mol. The molecule has 2 rings (SSSR count). The summed E-state index contributed by atoms with van der Waals surface area (Å²) >= 11 is 6.04. The van der Waals surface area contributed by atoms with E-state index >= 15 is 0 Å². The molecule has 0 saturated heterocycles. The quantitative estimate of drug-likeness (QED) is 0.921. The molecule has 3 nitrogen and oxygen atoms in total. The van der Waals surface area contributed by atoms with Crippen LogP contribution in [-0.4, -0.2) is 14.9 Å². The summed E-state index contributed by atoms with van der Waals surface area (Å²) in [6, 6.07) is 5.69. The Morgan fingerprint density at radius 1 is 1.25 bits per heavy atom. The second-order valence-electron chi connectivity index (χ2n) is 4.79. The van der Waals surface area contributed by atoms with E-state index in [0.29, 0.717) is 16.3 Å². The Hall–Kier alpha value is -1.46. The highest BCUT2D eigenvalue weighted by atomic mass is 35.5. The Morgan fingerprint density at radius 3 is 2.50 bits per heavy atom. The summed E-state index contributed by atoms with van der Waals surface area (Å²) in [5.41, 5.74) is 0.647. The minimum Gasteiger partial charge on any atom is -0.382 e. The SMILES string of the molecule is CC(C)n1ncc(Cl)c1C(O)c1cccc(C(F)F)c1. The second-order valence-corrected chi connectivity index (χ2v) is 5.20. The van der Waals surface area contributed by atoms with Crippen LogP contribution in [0.2, 0.25) is 5.02 Å². The van der Waals surface area contributed by atoms with Crippen LogP contribution < -0.4 is 0 Å². The minimum atomic E-state index is -2.58. The second kappa shape index (κ2) is 5.89. The van der Waals surface area contributed by atoms with Gasteiger partial charge in [-0.05, 0) is 25.5 Å². The van der Waals surface area contributed by atoms with Crippen LogP contribution >= 0.6 is 11.6 Å². The number of alkyl halides is 2. The highest BCUT2D eigenvalue weighted by Crippen LogP contribution is 2.31. The van der Waals surface area contributed by atoms with Gasteiger partial charge in [-0.3, -0.25) is 4.68 Å². The third-order valence-corrected chi connectivity index (χ3v) is 3.30. The van der Waals surface area contributed by atoms with Crippen molar-refractivity contribution >= 4 is 11.6 Å². The Balaban J connectivity index is 2.43. The highest BCUT2D eigenvalue weighted by Gasteiger charge is 2.22. The van der Waals surface area contributed by atoms with E-state index in [4.69, 9.17) is 11.6 Å². The van der Waals surface area contributed by atoms with E-state index in [1.54, 1.807) is 10.7 Å². The lowest BCUT2D eigenvalue weighted by Crippen LogP contribution is -2.12.